The summed E-state index contributed by atoms with van der Waals surface area (Å²) in [5, 5.41) is 3.24. The van der Waals surface area contributed by atoms with Crippen LogP contribution >= 0.6 is 15.9 Å². The van der Waals surface area contributed by atoms with Crippen LogP contribution in [0.4, 0.5) is 5.69 Å². The Morgan fingerprint density at radius 1 is 1.25 bits per heavy atom. The lowest BCUT2D eigenvalue weighted by atomic mass is 10.0. The minimum Gasteiger partial charge on any atom is -0.479 e. The summed E-state index contributed by atoms with van der Waals surface area (Å²) >= 11 is 3.41. The van der Waals surface area contributed by atoms with Crippen LogP contribution in [0.3, 0.4) is 0 Å². The van der Waals surface area contributed by atoms with Crippen molar-refractivity contribution in [1.82, 2.24) is 0 Å². The highest BCUT2D eigenvalue weighted by Gasteiger charge is 2.25. The van der Waals surface area contributed by atoms with Crippen molar-refractivity contribution >= 4 is 27.4 Å². The molecule has 0 saturated carbocycles. The van der Waals surface area contributed by atoms with Gasteiger partial charge >= 0.3 is 0 Å². The van der Waals surface area contributed by atoms with Crippen molar-refractivity contribution in [2.45, 2.75) is 12.5 Å². The van der Waals surface area contributed by atoms with Gasteiger partial charge in [0.25, 0.3) is 0 Å². The topological polar surface area (TPSA) is 38.3 Å². The van der Waals surface area contributed by atoms with E-state index in [-0.39, 0.29) is 5.78 Å². The molecule has 0 bridgehead atoms. The number of ketones is 1. The average molecular weight is 332 g/mol. The molecule has 0 radical (unpaired) electrons. The largest absolute Gasteiger partial charge is 0.479 e. The maximum atomic E-state index is 12.3. The average Bonchev–Trinajstić information content (AvgIpc) is 2.47. The number of hydrogen-bond donors (Lipinski definition) is 1. The number of carbonyl (C=O) groups excluding carboxylic acids is 1. The van der Waals surface area contributed by atoms with Crippen molar-refractivity contribution in [2.75, 3.05) is 11.9 Å². The van der Waals surface area contributed by atoms with Crippen molar-refractivity contribution in [1.29, 1.82) is 0 Å². The molecule has 1 heterocycles. The van der Waals surface area contributed by atoms with E-state index in [1.54, 1.807) is 0 Å². The van der Waals surface area contributed by atoms with E-state index in [1.165, 1.54) is 0 Å². The Morgan fingerprint density at radius 2 is 2.10 bits per heavy atom. The van der Waals surface area contributed by atoms with E-state index in [0.717, 1.165) is 21.5 Å². The second-order valence-electron chi connectivity index (χ2n) is 4.76. The van der Waals surface area contributed by atoms with Crippen molar-refractivity contribution in [3.05, 3.63) is 58.6 Å². The zero-order valence-corrected chi connectivity index (χ0v) is 12.4. The van der Waals surface area contributed by atoms with Crippen LogP contribution in [0, 0.1) is 0 Å². The van der Waals surface area contributed by atoms with E-state index in [4.69, 9.17) is 4.74 Å². The molecule has 0 aromatic heterocycles. The summed E-state index contributed by atoms with van der Waals surface area (Å²) < 4.78 is 6.75. The Kier molecular flexibility index (Phi) is 3.74. The van der Waals surface area contributed by atoms with Gasteiger partial charge in [-0.1, -0.05) is 40.2 Å². The standard InChI is InChI=1S/C16H14BrNO2/c17-12-5-3-4-11(8-12)9-14(19)16-10-18-13-6-1-2-7-15(13)20-16/h1-8,16,18H,9-10H2. The van der Waals surface area contributed by atoms with E-state index in [9.17, 15) is 4.79 Å². The fourth-order valence-electron chi connectivity index (χ4n) is 2.25. The van der Waals surface area contributed by atoms with Crippen LogP contribution in [-0.2, 0) is 11.2 Å². The maximum Gasteiger partial charge on any atom is 0.179 e. The van der Waals surface area contributed by atoms with Gasteiger partial charge in [-0.15, -0.1) is 0 Å². The molecule has 20 heavy (non-hydrogen) atoms. The minimum atomic E-state index is -0.427. The molecular weight excluding hydrogens is 318 g/mol. The number of Topliss-reactive ketones (excluding diaryl/α,β-unsaturated/α-hetero) is 1. The summed E-state index contributed by atoms with van der Waals surface area (Å²) in [7, 11) is 0. The van der Waals surface area contributed by atoms with Crippen LogP contribution in [0.5, 0.6) is 5.75 Å². The molecule has 1 N–H and O–H groups in total. The SMILES string of the molecule is O=C(Cc1cccc(Br)c1)C1CNc2ccccc2O1. The summed E-state index contributed by atoms with van der Waals surface area (Å²) in [6, 6.07) is 15.5. The van der Waals surface area contributed by atoms with E-state index >= 15 is 0 Å². The Balaban J connectivity index is 1.70. The molecule has 0 fully saturated rings. The van der Waals surface area contributed by atoms with Gasteiger partial charge in [-0.05, 0) is 29.8 Å². The fourth-order valence-corrected chi connectivity index (χ4v) is 2.70. The number of para-hydroxylation sites is 2. The smallest absolute Gasteiger partial charge is 0.179 e. The molecule has 2 aromatic rings. The zero-order valence-electron chi connectivity index (χ0n) is 10.8. The van der Waals surface area contributed by atoms with Gasteiger partial charge in [-0.2, -0.15) is 0 Å². The van der Waals surface area contributed by atoms with Crippen molar-refractivity contribution < 1.29 is 9.53 Å². The van der Waals surface area contributed by atoms with Gasteiger partial charge in [0.15, 0.2) is 11.9 Å². The number of fused-ring (bicyclic) bond motifs is 1. The molecule has 1 aliphatic rings. The van der Waals surface area contributed by atoms with Crippen LogP contribution in [0.15, 0.2) is 53.0 Å². The third-order valence-corrected chi connectivity index (χ3v) is 3.75. The van der Waals surface area contributed by atoms with Crippen molar-refractivity contribution in [3.63, 3.8) is 0 Å². The lowest BCUT2D eigenvalue weighted by Crippen LogP contribution is -2.38. The van der Waals surface area contributed by atoms with Crippen LogP contribution < -0.4 is 10.1 Å². The number of hydrogen-bond acceptors (Lipinski definition) is 3. The lowest BCUT2D eigenvalue weighted by Gasteiger charge is -2.26. The van der Waals surface area contributed by atoms with E-state index in [1.807, 2.05) is 48.5 Å². The van der Waals surface area contributed by atoms with Gasteiger partial charge in [-0.3, -0.25) is 4.79 Å². The second-order valence-corrected chi connectivity index (χ2v) is 5.67. The summed E-state index contributed by atoms with van der Waals surface area (Å²) in [5.74, 6) is 0.830. The van der Waals surface area contributed by atoms with E-state index in [2.05, 4.69) is 21.2 Å². The van der Waals surface area contributed by atoms with Gasteiger partial charge in [0.1, 0.15) is 5.75 Å². The number of nitrogens with one attached hydrogen (secondary N) is 1. The first-order valence-corrected chi connectivity index (χ1v) is 7.28. The van der Waals surface area contributed by atoms with Crippen LogP contribution in [0.1, 0.15) is 5.56 Å². The number of ether oxygens (including phenoxy) is 1. The molecule has 2 aromatic carbocycles. The van der Waals surface area contributed by atoms with E-state index in [0.29, 0.717) is 13.0 Å². The van der Waals surface area contributed by atoms with Crippen molar-refractivity contribution in [2.24, 2.45) is 0 Å². The molecular formula is C16H14BrNO2. The molecule has 4 heteroatoms. The van der Waals surface area contributed by atoms with Crippen molar-refractivity contribution in [3.8, 4) is 5.75 Å². The molecule has 102 valence electrons. The third kappa shape index (κ3) is 2.85. The highest BCUT2D eigenvalue weighted by atomic mass is 79.9. The fraction of sp³-hybridized carbons (Fsp3) is 0.188. The second kappa shape index (κ2) is 5.67. The minimum absolute atomic E-state index is 0.0881. The van der Waals surface area contributed by atoms with Crippen LogP contribution in [-0.4, -0.2) is 18.4 Å². The molecule has 1 atom stereocenters. The summed E-state index contributed by atoms with van der Waals surface area (Å²) in [6.07, 6.45) is -0.0441. The molecule has 1 aliphatic heterocycles. The molecule has 0 amide bonds. The first-order valence-electron chi connectivity index (χ1n) is 6.49. The monoisotopic (exact) mass is 331 g/mol. The number of anilines is 1. The quantitative estimate of drug-likeness (QED) is 0.936. The number of rotatable bonds is 3. The normalized spacial score (nSPS) is 16.8. The maximum absolute atomic E-state index is 12.3. The van der Waals surface area contributed by atoms with Gasteiger partial charge in [-0.25, -0.2) is 0 Å². The number of benzene rings is 2. The number of carbonyl (C=O) groups is 1. The zero-order chi connectivity index (χ0) is 13.9. The van der Waals surface area contributed by atoms with Gasteiger partial charge in [0.05, 0.1) is 12.2 Å². The van der Waals surface area contributed by atoms with Crippen LogP contribution in [0.2, 0.25) is 0 Å². The summed E-state index contributed by atoms with van der Waals surface area (Å²) in [6.45, 7) is 0.518. The van der Waals surface area contributed by atoms with Gasteiger partial charge in [0.2, 0.25) is 0 Å². The summed E-state index contributed by atoms with van der Waals surface area (Å²) in [4.78, 5) is 12.3. The molecule has 0 spiro atoms. The molecule has 3 nitrogen and oxygen atoms in total. The molecule has 0 saturated heterocycles. The predicted octanol–water partition coefficient (Wildman–Crippen LogP) is 3.43. The Morgan fingerprint density at radius 3 is 2.95 bits per heavy atom. The first-order chi connectivity index (χ1) is 9.72. The number of halogens is 1. The van der Waals surface area contributed by atoms with Crippen LogP contribution in [0.25, 0.3) is 0 Å². The molecule has 3 rings (SSSR count). The van der Waals surface area contributed by atoms with Gasteiger partial charge < -0.3 is 10.1 Å². The van der Waals surface area contributed by atoms with Gasteiger partial charge in [0, 0.05) is 10.9 Å². The first kappa shape index (κ1) is 13.2. The summed E-state index contributed by atoms with van der Waals surface area (Å²) in [5.41, 5.74) is 1.94. The highest BCUT2D eigenvalue weighted by molar-refractivity contribution is 9.10. The third-order valence-electron chi connectivity index (χ3n) is 3.26. The molecule has 0 aliphatic carbocycles. The lowest BCUT2D eigenvalue weighted by molar-refractivity contribution is -0.124. The molecule has 1 unspecified atom stereocenters. The predicted molar refractivity (Wildman–Crippen MR) is 82.2 cm³/mol. The highest BCUT2D eigenvalue weighted by Crippen LogP contribution is 2.28. The van der Waals surface area contributed by atoms with E-state index < -0.39 is 6.10 Å². The Hall–Kier alpha value is -1.81. The Labute approximate surface area is 126 Å². The Bertz CT molecular complexity index is 642.